The molecule has 5 atom stereocenters. The molecule has 1 aromatic carbocycles. The van der Waals surface area contributed by atoms with Crippen LogP contribution in [0.2, 0.25) is 0 Å². The van der Waals surface area contributed by atoms with Gasteiger partial charge in [0.2, 0.25) is 0 Å². The molecule has 0 bridgehead atoms. The largest absolute Gasteiger partial charge is 0.393 e. The van der Waals surface area contributed by atoms with Crippen molar-refractivity contribution in [2.24, 2.45) is 11.8 Å². The molecule has 32 heavy (non-hydrogen) atoms. The fourth-order valence-electron chi connectivity index (χ4n) is 5.28. The Balaban J connectivity index is 1.38. The number of rotatable bonds is 6. The lowest BCUT2D eigenvalue weighted by Gasteiger charge is -2.20. The van der Waals surface area contributed by atoms with Crippen molar-refractivity contribution in [3.63, 3.8) is 0 Å². The number of nitrogens with one attached hydrogen (secondary N) is 2. The molecule has 2 aliphatic carbocycles. The third kappa shape index (κ3) is 3.99. The van der Waals surface area contributed by atoms with Gasteiger partial charge in [0.1, 0.15) is 17.8 Å². The number of benzene rings is 1. The molecule has 2 heterocycles. The summed E-state index contributed by atoms with van der Waals surface area (Å²) in [6.07, 6.45) is 4.93. The summed E-state index contributed by atoms with van der Waals surface area (Å²) in [6.45, 7) is 2.23. The van der Waals surface area contributed by atoms with Gasteiger partial charge in [-0.05, 0) is 42.4 Å². The Morgan fingerprint density at radius 3 is 2.81 bits per heavy atom. The quantitative estimate of drug-likeness (QED) is 0.419. The Morgan fingerprint density at radius 1 is 1.19 bits per heavy atom. The molecule has 0 aliphatic heterocycles. The summed E-state index contributed by atoms with van der Waals surface area (Å²) in [4.78, 5) is 9.01. The number of hydrogen-bond donors (Lipinski definition) is 4. The predicted molar refractivity (Wildman–Crippen MR) is 121 cm³/mol. The van der Waals surface area contributed by atoms with Crippen molar-refractivity contribution in [1.29, 1.82) is 0 Å². The normalized spacial score (nSPS) is 27.7. The fourth-order valence-corrected chi connectivity index (χ4v) is 5.70. The third-order valence-corrected chi connectivity index (χ3v) is 7.39. The molecule has 0 spiro atoms. The first-order valence-corrected chi connectivity index (χ1v) is 12.3. The molecule has 2 aliphatic rings. The highest BCUT2D eigenvalue weighted by Gasteiger charge is 2.35. The lowest BCUT2D eigenvalue weighted by atomic mass is 10.0. The van der Waals surface area contributed by atoms with Gasteiger partial charge in [-0.2, -0.15) is 13.1 Å². The molecular formula is C22H27N5O4S. The highest BCUT2D eigenvalue weighted by atomic mass is 32.2. The molecule has 0 amide bonds. The van der Waals surface area contributed by atoms with Crippen molar-refractivity contribution in [1.82, 2.24) is 19.3 Å². The minimum absolute atomic E-state index is 0.00350. The summed E-state index contributed by atoms with van der Waals surface area (Å²) >= 11 is 0. The van der Waals surface area contributed by atoms with Crippen LogP contribution in [0.25, 0.3) is 11.0 Å². The molecule has 1 saturated carbocycles. The number of aliphatic hydroxyl groups is 1. The molecular weight excluding hydrogens is 430 g/mol. The maximum Gasteiger partial charge on any atom is 0.333 e. The standard InChI is InChI=1S/C22H27N5O4S/c1-13-8-14-4-2-3-5-17(14)20(13)26-21-18-6-7-27(22(18)24-12-23-21)16-9-15(19(28)10-16)11-25-32(29,30)31/h2-7,12-13,15-16,19-20,25,28H,8-11H2,1H3,(H,23,24,26)(H,29,30,31)/t13-,15-,16+,19-,20-/m1/s1. The van der Waals surface area contributed by atoms with Crippen LogP contribution in [0.15, 0.2) is 42.9 Å². The third-order valence-electron chi connectivity index (χ3n) is 6.86. The maximum absolute atomic E-state index is 11.0. The van der Waals surface area contributed by atoms with E-state index in [0.717, 1.165) is 23.3 Å². The second kappa shape index (κ2) is 8.11. The number of aliphatic hydroxyl groups excluding tert-OH is 1. The highest BCUT2D eigenvalue weighted by Crippen LogP contribution is 2.40. The van der Waals surface area contributed by atoms with E-state index in [9.17, 15) is 13.5 Å². The summed E-state index contributed by atoms with van der Waals surface area (Å²) in [7, 11) is -4.28. The van der Waals surface area contributed by atoms with Crippen LogP contribution in [0.3, 0.4) is 0 Å². The number of nitrogens with zero attached hydrogens (tertiary/aromatic N) is 3. The van der Waals surface area contributed by atoms with Crippen molar-refractivity contribution >= 4 is 27.2 Å². The molecule has 2 aromatic heterocycles. The minimum atomic E-state index is -4.28. The summed E-state index contributed by atoms with van der Waals surface area (Å²) in [5.74, 6) is 0.945. The van der Waals surface area contributed by atoms with E-state index >= 15 is 0 Å². The Labute approximate surface area is 186 Å². The van der Waals surface area contributed by atoms with Crippen molar-refractivity contribution in [2.45, 2.75) is 44.4 Å². The average molecular weight is 458 g/mol. The van der Waals surface area contributed by atoms with E-state index in [1.165, 1.54) is 11.1 Å². The van der Waals surface area contributed by atoms with Gasteiger partial charge < -0.3 is 15.0 Å². The summed E-state index contributed by atoms with van der Waals surface area (Å²) < 4.78 is 35.0. The topological polar surface area (TPSA) is 129 Å². The van der Waals surface area contributed by atoms with Crippen LogP contribution in [0, 0.1) is 11.8 Å². The first-order valence-electron chi connectivity index (χ1n) is 10.9. The Kier molecular flexibility index (Phi) is 5.40. The van der Waals surface area contributed by atoms with E-state index in [4.69, 9.17) is 4.55 Å². The van der Waals surface area contributed by atoms with Crippen LogP contribution in [-0.4, -0.2) is 45.3 Å². The van der Waals surface area contributed by atoms with Gasteiger partial charge in [0.15, 0.2) is 0 Å². The van der Waals surface area contributed by atoms with Gasteiger partial charge in [0.05, 0.1) is 17.5 Å². The van der Waals surface area contributed by atoms with Crippen molar-refractivity contribution in [3.05, 3.63) is 54.0 Å². The zero-order valence-electron chi connectivity index (χ0n) is 17.7. The van der Waals surface area contributed by atoms with E-state index in [2.05, 4.69) is 51.2 Å². The smallest absolute Gasteiger partial charge is 0.333 e. The van der Waals surface area contributed by atoms with Crippen molar-refractivity contribution in [3.8, 4) is 0 Å². The van der Waals surface area contributed by atoms with E-state index in [-0.39, 0.29) is 24.5 Å². The molecule has 0 unspecified atom stereocenters. The number of aromatic nitrogens is 3. The van der Waals surface area contributed by atoms with Crippen LogP contribution in [0.1, 0.15) is 43.0 Å². The number of anilines is 1. The van der Waals surface area contributed by atoms with Crippen LogP contribution in [-0.2, 0) is 16.7 Å². The predicted octanol–water partition coefficient (Wildman–Crippen LogP) is 2.48. The van der Waals surface area contributed by atoms with Gasteiger partial charge in [-0.15, -0.1) is 0 Å². The lowest BCUT2D eigenvalue weighted by molar-refractivity contribution is 0.133. The average Bonchev–Trinajstić information content (AvgIpc) is 3.42. The van der Waals surface area contributed by atoms with Crippen LogP contribution >= 0.6 is 0 Å². The Morgan fingerprint density at radius 2 is 2.00 bits per heavy atom. The summed E-state index contributed by atoms with van der Waals surface area (Å²) in [5, 5.41) is 15.0. The second-order valence-corrected chi connectivity index (χ2v) is 10.2. The van der Waals surface area contributed by atoms with E-state index in [1.807, 2.05) is 16.8 Å². The van der Waals surface area contributed by atoms with Crippen molar-refractivity contribution < 1.29 is 18.1 Å². The first kappa shape index (κ1) is 21.3. The molecule has 9 nitrogen and oxygen atoms in total. The molecule has 4 N–H and O–H groups in total. The summed E-state index contributed by atoms with van der Waals surface area (Å²) in [5.41, 5.74) is 3.45. The molecule has 5 rings (SSSR count). The van der Waals surface area contributed by atoms with Crippen LogP contribution < -0.4 is 10.0 Å². The van der Waals surface area contributed by atoms with E-state index in [1.54, 1.807) is 6.33 Å². The Bertz CT molecular complexity index is 1240. The molecule has 10 heteroatoms. The lowest BCUT2D eigenvalue weighted by Crippen LogP contribution is -2.31. The molecule has 0 radical (unpaired) electrons. The van der Waals surface area contributed by atoms with Crippen molar-refractivity contribution in [2.75, 3.05) is 11.9 Å². The van der Waals surface area contributed by atoms with Gasteiger partial charge in [0.25, 0.3) is 0 Å². The van der Waals surface area contributed by atoms with Gasteiger partial charge in [-0.25, -0.2) is 9.97 Å². The van der Waals surface area contributed by atoms with Crippen LogP contribution in [0.4, 0.5) is 5.82 Å². The monoisotopic (exact) mass is 457 g/mol. The SMILES string of the molecule is C[C@@H]1Cc2ccccc2[C@@H]1Nc1ncnc2c1ccn2[C@H]1C[C@H](CNS(=O)(=O)O)[C@H](O)C1. The van der Waals surface area contributed by atoms with Crippen LogP contribution in [0.5, 0.6) is 0 Å². The molecule has 170 valence electrons. The second-order valence-electron chi connectivity index (χ2n) is 8.96. The summed E-state index contributed by atoms with van der Waals surface area (Å²) in [6, 6.07) is 10.6. The Hall–Kier alpha value is -2.53. The fraction of sp³-hybridized carbons (Fsp3) is 0.455. The first-order chi connectivity index (χ1) is 15.3. The molecule has 1 fully saturated rings. The zero-order valence-corrected chi connectivity index (χ0v) is 18.5. The van der Waals surface area contributed by atoms with E-state index < -0.39 is 16.4 Å². The minimum Gasteiger partial charge on any atom is -0.393 e. The van der Waals surface area contributed by atoms with Gasteiger partial charge in [0, 0.05) is 24.7 Å². The van der Waals surface area contributed by atoms with Gasteiger partial charge >= 0.3 is 10.3 Å². The molecule has 3 aromatic rings. The van der Waals surface area contributed by atoms with E-state index in [0.29, 0.717) is 18.8 Å². The van der Waals surface area contributed by atoms with Gasteiger partial charge in [-0.3, -0.25) is 4.55 Å². The zero-order chi connectivity index (χ0) is 22.5. The number of fused-ring (bicyclic) bond motifs is 2. The van der Waals surface area contributed by atoms with Gasteiger partial charge in [-0.1, -0.05) is 31.2 Å². The highest BCUT2D eigenvalue weighted by molar-refractivity contribution is 7.83. The molecule has 0 saturated heterocycles. The number of hydrogen-bond acceptors (Lipinski definition) is 6. The maximum atomic E-state index is 11.0.